The van der Waals surface area contributed by atoms with Crippen LogP contribution in [0.4, 0.5) is 5.69 Å². The molecular formula is C23H30ClN3O6S2. The molecule has 0 bridgehead atoms. The van der Waals surface area contributed by atoms with Gasteiger partial charge in [0.2, 0.25) is 26.0 Å². The van der Waals surface area contributed by atoms with E-state index in [0.717, 1.165) is 23.4 Å². The van der Waals surface area contributed by atoms with Crippen LogP contribution in [0.5, 0.6) is 5.75 Å². The summed E-state index contributed by atoms with van der Waals surface area (Å²) in [6, 6.07) is 11.4. The lowest BCUT2D eigenvalue weighted by Gasteiger charge is -2.30. The molecule has 1 fully saturated rings. The molecule has 1 amide bonds. The maximum absolute atomic E-state index is 12.8. The largest absolute Gasteiger partial charge is 0.492 e. The number of nitrogens with one attached hydrogen (secondary N) is 1. The molecule has 0 aliphatic carbocycles. The molecule has 9 nitrogen and oxygen atoms in total. The van der Waals surface area contributed by atoms with Crippen LogP contribution in [0.2, 0.25) is 5.02 Å². The Kier molecular flexibility index (Phi) is 9.03. The van der Waals surface area contributed by atoms with Gasteiger partial charge in [-0.25, -0.2) is 16.8 Å². The van der Waals surface area contributed by atoms with E-state index in [4.69, 9.17) is 16.3 Å². The molecule has 0 radical (unpaired) electrons. The zero-order valence-electron chi connectivity index (χ0n) is 19.7. The first-order valence-electron chi connectivity index (χ1n) is 11.3. The molecule has 1 saturated heterocycles. The predicted molar refractivity (Wildman–Crippen MR) is 136 cm³/mol. The van der Waals surface area contributed by atoms with E-state index in [-0.39, 0.29) is 24.5 Å². The van der Waals surface area contributed by atoms with Gasteiger partial charge in [-0.05, 0) is 67.8 Å². The van der Waals surface area contributed by atoms with Gasteiger partial charge in [-0.1, -0.05) is 18.5 Å². The van der Waals surface area contributed by atoms with E-state index >= 15 is 0 Å². The minimum atomic E-state index is -3.74. The quantitative estimate of drug-likeness (QED) is 0.436. The lowest BCUT2D eigenvalue weighted by atomic mass is 10.2. The molecule has 1 aliphatic rings. The lowest BCUT2D eigenvalue weighted by molar-refractivity contribution is -0.122. The molecule has 0 spiro atoms. The fraction of sp³-hybridized carbons (Fsp3) is 0.435. The van der Waals surface area contributed by atoms with Gasteiger partial charge in [-0.2, -0.15) is 4.31 Å². The third-order valence-corrected chi connectivity index (χ3v) is 8.95. The second kappa shape index (κ2) is 11.6. The summed E-state index contributed by atoms with van der Waals surface area (Å²) in [7, 11) is -7.23. The second-order valence-electron chi connectivity index (χ2n) is 8.18. The highest BCUT2D eigenvalue weighted by atomic mass is 35.5. The average Bonchev–Trinajstić information content (AvgIpc) is 3.36. The molecule has 2 aromatic carbocycles. The van der Waals surface area contributed by atoms with Crippen molar-refractivity contribution in [2.24, 2.45) is 0 Å². The molecule has 192 valence electrons. The molecule has 2 aromatic rings. The molecule has 0 saturated carbocycles. The van der Waals surface area contributed by atoms with Crippen LogP contribution < -0.4 is 14.4 Å². The SMILES string of the molecule is CC[C@@H](C(=O)NCCOc1ccc(S(=O)(=O)N2CCCC2)cc1)N(c1ccc(Cl)cc1)S(C)(=O)=O. The Balaban J connectivity index is 1.57. The maximum atomic E-state index is 12.8. The number of rotatable bonds is 11. The number of halogens is 1. The van der Waals surface area contributed by atoms with Crippen molar-refractivity contribution in [3.8, 4) is 5.75 Å². The Bertz CT molecular complexity index is 1210. The van der Waals surface area contributed by atoms with E-state index < -0.39 is 32.0 Å². The minimum Gasteiger partial charge on any atom is -0.492 e. The van der Waals surface area contributed by atoms with Crippen LogP contribution in [0, 0.1) is 0 Å². The van der Waals surface area contributed by atoms with Gasteiger partial charge >= 0.3 is 0 Å². The molecule has 0 aromatic heterocycles. The summed E-state index contributed by atoms with van der Waals surface area (Å²) in [5.41, 5.74) is 0.346. The van der Waals surface area contributed by atoms with Crippen molar-refractivity contribution in [1.82, 2.24) is 9.62 Å². The van der Waals surface area contributed by atoms with Gasteiger partial charge in [-0.3, -0.25) is 9.10 Å². The zero-order valence-corrected chi connectivity index (χ0v) is 22.1. The first-order valence-corrected chi connectivity index (χ1v) is 15.0. The molecule has 35 heavy (non-hydrogen) atoms. The Morgan fingerprint density at radius 3 is 2.20 bits per heavy atom. The van der Waals surface area contributed by atoms with Gasteiger partial charge in [0.25, 0.3) is 0 Å². The van der Waals surface area contributed by atoms with E-state index in [9.17, 15) is 21.6 Å². The summed E-state index contributed by atoms with van der Waals surface area (Å²) in [5, 5.41) is 3.17. The zero-order chi connectivity index (χ0) is 25.6. The molecule has 1 atom stereocenters. The number of carbonyl (C=O) groups excluding carboxylic acids is 1. The summed E-state index contributed by atoms with van der Waals surface area (Å²) in [4.78, 5) is 13.0. The van der Waals surface area contributed by atoms with E-state index in [1.165, 1.54) is 16.4 Å². The van der Waals surface area contributed by atoms with Gasteiger partial charge < -0.3 is 10.1 Å². The third-order valence-electron chi connectivity index (χ3n) is 5.61. The fourth-order valence-corrected chi connectivity index (χ4v) is 6.75. The predicted octanol–water partition coefficient (Wildman–Crippen LogP) is 2.86. The van der Waals surface area contributed by atoms with Crippen LogP contribution in [0.15, 0.2) is 53.4 Å². The number of amides is 1. The Morgan fingerprint density at radius 2 is 1.66 bits per heavy atom. The van der Waals surface area contributed by atoms with Crippen molar-refractivity contribution < 1.29 is 26.4 Å². The van der Waals surface area contributed by atoms with Crippen LogP contribution >= 0.6 is 11.6 Å². The topological polar surface area (TPSA) is 113 Å². The standard InChI is InChI=1S/C23H30ClN3O6S2/c1-3-22(27(34(2,29)30)19-8-6-18(24)7-9-19)23(28)25-14-17-33-20-10-12-21(13-11-20)35(31,32)26-15-4-5-16-26/h6-13,22H,3-5,14-17H2,1-2H3,(H,25,28)/t22-/m0/s1. The molecule has 1 N–H and O–H groups in total. The number of nitrogens with zero attached hydrogens (tertiary/aromatic N) is 2. The number of anilines is 1. The Hall–Kier alpha value is -2.34. The van der Waals surface area contributed by atoms with Crippen molar-refractivity contribution in [1.29, 1.82) is 0 Å². The molecule has 1 aliphatic heterocycles. The summed E-state index contributed by atoms with van der Waals surface area (Å²) in [6.07, 6.45) is 3.04. The van der Waals surface area contributed by atoms with Crippen LogP contribution in [0.25, 0.3) is 0 Å². The van der Waals surface area contributed by atoms with Gasteiger partial charge in [0.15, 0.2) is 0 Å². The highest BCUT2D eigenvalue weighted by Gasteiger charge is 2.31. The van der Waals surface area contributed by atoms with Crippen LogP contribution in [-0.4, -0.2) is 65.6 Å². The number of hydrogen-bond acceptors (Lipinski definition) is 6. The van der Waals surface area contributed by atoms with Gasteiger partial charge in [0.05, 0.1) is 23.4 Å². The number of sulfonamides is 2. The highest BCUT2D eigenvalue weighted by Crippen LogP contribution is 2.25. The maximum Gasteiger partial charge on any atom is 0.244 e. The van der Waals surface area contributed by atoms with E-state index in [2.05, 4.69) is 5.32 Å². The number of ether oxygens (including phenoxy) is 1. The van der Waals surface area contributed by atoms with Crippen LogP contribution in [-0.2, 0) is 24.8 Å². The Morgan fingerprint density at radius 1 is 1.06 bits per heavy atom. The van der Waals surface area contributed by atoms with Gasteiger partial charge in [-0.15, -0.1) is 0 Å². The Labute approximate surface area is 212 Å². The first kappa shape index (κ1) is 27.3. The van der Waals surface area contributed by atoms with E-state index in [1.807, 2.05) is 0 Å². The molecule has 12 heteroatoms. The van der Waals surface area contributed by atoms with Crippen molar-refractivity contribution >= 4 is 43.2 Å². The highest BCUT2D eigenvalue weighted by molar-refractivity contribution is 7.92. The number of hydrogen-bond donors (Lipinski definition) is 1. The van der Waals surface area contributed by atoms with Crippen molar-refractivity contribution in [3.05, 3.63) is 53.6 Å². The summed E-state index contributed by atoms with van der Waals surface area (Å²) >= 11 is 5.91. The molecule has 3 rings (SSSR count). The average molecular weight is 544 g/mol. The minimum absolute atomic E-state index is 0.125. The monoisotopic (exact) mass is 543 g/mol. The van der Waals surface area contributed by atoms with Crippen LogP contribution in [0.1, 0.15) is 26.2 Å². The summed E-state index contributed by atoms with van der Waals surface area (Å²) < 4.78 is 58.3. The first-order chi connectivity index (χ1) is 16.5. The van der Waals surface area contributed by atoms with Gasteiger partial charge in [0.1, 0.15) is 18.4 Å². The summed E-state index contributed by atoms with van der Waals surface area (Å²) in [5.74, 6) is 0.00844. The van der Waals surface area contributed by atoms with Gasteiger partial charge in [0, 0.05) is 18.1 Å². The lowest BCUT2D eigenvalue weighted by Crippen LogP contribution is -2.50. The number of carbonyl (C=O) groups is 1. The van der Waals surface area contributed by atoms with Crippen molar-refractivity contribution in [2.75, 3.05) is 36.8 Å². The van der Waals surface area contributed by atoms with Crippen LogP contribution in [0.3, 0.4) is 0 Å². The van der Waals surface area contributed by atoms with Crippen molar-refractivity contribution in [3.63, 3.8) is 0 Å². The fourth-order valence-electron chi connectivity index (χ4n) is 3.89. The number of benzene rings is 2. The normalized spacial score (nSPS) is 15.5. The van der Waals surface area contributed by atoms with Crippen molar-refractivity contribution in [2.45, 2.75) is 37.1 Å². The summed E-state index contributed by atoms with van der Waals surface area (Å²) in [6.45, 7) is 3.07. The van der Waals surface area contributed by atoms with E-state index in [1.54, 1.807) is 43.3 Å². The molecule has 0 unspecified atom stereocenters. The second-order valence-corrected chi connectivity index (χ2v) is 12.4. The third kappa shape index (κ3) is 6.87. The van der Waals surface area contributed by atoms with E-state index in [0.29, 0.717) is 29.5 Å². The molecular weight excluding hydrogens is 514 g/mol. The molecule has 1 heterocycles. The smallest absolute Gasteiger partial charge is 0.244 e.